The van der Waals surface area contributed by atoms with Crippen LogP contribution in [0.2, 0.25) is 0 Å². The van der Waals surface area contributed by atoms with Gasteiger partial charge in [0.05, 0.1) is 11.8 Å². The zero-order valence-corrected chi connectivity index (χ0v) is 17.3. The number of pyridine rings is 1. The van der Waals surface area contributed by atoms with Crippen LogP contribution >= 0.6 is 0 Å². The molecular formula is C21H27N5O3. The number of fused-ring (bicyclic) bond motifs is 1. The lowest BCUT2D eigenvalue weighted by Crippen LogP contribution is -2.49. The van der Waals surface area contributed by atoms with Gasteiger partial charge in [0.1, 0.15) is 23.2 Å². The van der Waals surface area contributed by atoms with Crippen molar-refractivity contribution in [3.63, 3.8) is 0 Å². The first-order valence-corrected chi connectivity index (χ1v) is 9.80. The summed E-state index contributed by atoms with van der Waals surface area (Å²) < 4.78 is 5.57. The van der Waals surface area contributed by atoms with E-state index in [2.05, 4.69) is 22.2 Å². The predicted octanol–water partition coefficient (Wildman–Crippen LogP) is 3.08. The number of carbonyl (C=O) groups is 2. The molecule has 0 bridgehead atoms. The Bertz CT molecular complexity index is 953. The number of hydrogen-bond acceptors (Lipinski definition) is 6. The Hall–Kier alpha value is -3.08. The second-order valence-electron chi connectivity index (χ2n) is 8.48. The highest BCUT2D eigenvalue weighted by Crippen LogP contribution is 2.30. The van der Waals surface area contributed by atoms with E-state index >= 15 is 0 Å². The zero-order valence-electron chi connectivity index (χ0n) is 17.3. The number of nitrogens with zero attached hydrogens (tertiary/aromatic N) is 3. The van der Waals surface area contributed by atoms with Gasteiger partial charge in [-0.3, -0.25) is 4.79 Å². The Balaban J connectivity index is 1.92. The number of H-pyrrole nitrogens is 1. The Morgan fingerprint density at radius 1 is 1.45 bits per heavy atom. The molecule has 2 aromatic heterocycles. The highest BCUT2D eigenvalue weighted by atomic mass is 16.6. The molecule has 0 aliphatic carbocycles. The molecular weight excluding hydrogens is 370 g/mol. The van der Waals surface area contributed by atoms with Crippen LogP contribution in [0, 0.1) is 17.2 Å². The Morgan fingerprint density at radius 2 is 2.21 bits per heavy atom. The van der Waals surface area contributed by atoms with Gasteiger partial charge in [0.2, 0.25) is 5.91 Å². The van der Waals surface area contributed by atoms with E-state index in [1.165, 1.54) is 6.20 Å². The van der Waals surface area contributed by atoms with Crippen LogP contribution in [0.15, 0.2) is 18.5 Å². The van der Waals surface area contributed by atoms with Crippen LogP contribution in [0.4, 0.5) is 5.69 Å². The quantitative estimate of drug-likeness (QED) is 0.767. The van der Waals surface area contributed by atoms with Crippen molar-refractivity contribution in [2.75, 3.05) is 18.4 Å². The molecule has 1 amide bonds. The van der Waals surface area contributed by atoms with E-state index in [-0.39, 0.29) is 24.3 Å². The van der Waals surface area contributed by atoms with E-state index in [0.717, 1.165) is 11.8 Å². The van der Waals surface area contributed by atoms with Gasteiger partial charge in [0, 0.05) is 36.9 Å². The van der Waals surface area contributed by atoms with Gasteiger partial charge in [0.15, 0.2) is 0 Å². The lowest BCUT2D eigenvalue weighted by atomic mass is 9.92. The second kappa shape index (κ2) is 8.11. The molecule has 29 heavy (non-hydrogen) atoms. The van der Waals surface area contributed by atoms with E-state index in [1.54, 1.807) is 11.1 Å². The number of nitrogens with one attached hydrogen (secondary N) is 2. The first kappa shape index (κ1) is 20.6. The molecule has 2 atom stereocenters. The largest absolute Gasteiger partial charge is 0.456 e. The highest BCUT2D eigenvalue weighted by molar-refractivity contribution is 6.04. The number of aromatic nitrogens is 2. The molecule has 3 heterocycles. The van der Waals surface area contributed by atoms with E-state index < -0.39 is 11.6 Å². The summed E-state index contributed by atoms with van der Waals surface area (Å²) >= 11 is 0. The minimum absolute atomic E-state index is 0.0620. The number of amides is 1. The summed E-state index contributed by atoms with van der Waals surface area (Å²) in [5, 5.41) is 13.1. The predicted molar refractivity (Wildman–Crippen MR) is 109 cm³/mol. The maximum Gasteiger partial charge on any atom is 0.342 e. The lowest BCUT2D eigenvalue weighted by Gasteiger charge is -2.38. The van der Waals surface area contributed by atoms with Gasteiger partial charge < -0.3 is 19.9 Å². The molecule has 1 aliphatic rings. The summed E-state index contributed by atoms with van der Waals surface area (Å²) in [4.78, 5) is 34.1. The van der Waals surface area contributed by atoms with Crippen molar-refractivity contribution >= 4 is 28.6 Å². The first-order chi connectivity index (χ1) is 13.7. The van der Waals surface area contributed by atoms with Gasteiger partial charge in [-0.25, -0.2) is 9.78 Å². The molecule has 0 unspecified atom stereocenters. The van der Waals surface area contributed by atoms with Crippen molar-refractivity contribution in [3.8, 4) is 6.07 Å². The normalized spacial score (nSPS) is 19.6. The molecule has 0 saturated carbocycles. The summed E-state index contributed by atoms with van der Waals surface area (Å²) in [6, 6.07) is 3.73. The molecule has 154 valence electrons. The SMILES string of the molecule is C[C@@H]1CCN(C(=O)CC#N)C[C@@H]1Nc1c(C(=O)OC(C)(C)C)cnc2[nH]ccc12. The number of rotatable bonds is 4. The van der Waals surface area contributed by atoms with E-state index in [9.17, 15) is 9.59 Å². The fourth-order valence-corrected chi connectivity index (χ4v) is 3.50. The number of piperidine rings is 1. The Kier molecular flexibility index (Phi) is 5.78. The van der Waals surface area contributed by atoms with Crippen LogP contribution in [0.5, 0.6) is 0 Å². The van der Waals surface area contributed by atoms with E-state index in [0.29, 0.717) is 30.0 Å². The summed E-state index contributed by atoms with van der Waals surface area (Å²) in [7, 11) is 0. The number of ether oxygens (including phenoxy) is 1. The van der Waals surface area contributed by atoms with Crippen LogP contribution in [0.25, 0.3) is 11.0 Å². The Labute approximate surface area is 170 Å². The minimum atomic E-state index is -0.625. The summed E-state index contributed by atoms with van der Waals surface area (Å²) in [5.41, 5.74) is 1.05. The van der Waals surface area contributed by atoms with Crippen LogP contribution in [-0.4, -0.2) is 51.5 Å². The van der Waals surface area contributed by atoms with Crippen LogP contribution < -0.4 is 5.32 Å². The maximum atomic E-state index is 12.8. The number of carbonyl (C=O) groups excluding carboxylic acids is 2. The van der Waals surface area contributed by atoms with E-state index in [1.807, 2.05) is 32.9 Å². The average molecular weight is 397 g/mol. The molecule has 1 fully saturated rings. The maximum absolute atomic E-state index is 12.8. The molecule has 2 aromatic rings. The van der Waals surface area contributed by atoms with Crippen LogP contribution in [0.3, 0.4) is 0 Å². The molecule has 8 heteroatoms. The third-order valence-corrected chi connectivity index (χ3v) is 5.08. The average Bonchev–Trinajstić information content (AvgIpc) is 3.11. The number of esters is 1. The fourth-order valence-electron chi connectivity index (χ4n) is 3.50. The molecule has 0 spiro atoms. The number of aromatic amines is 1. The molecule has 1 aliphatic heterocycles. The highest BCUT2D eigenvalue weighted by Gasteiger charge is 2.31. The smallest absolute Gasteiger partial charge is 0.342 e. The summed E-state index contributed by atoms with van der Waals surface area (Å²) in [6.07, 6.45) is 3.98. The van der Waals surface area contributed by atoms with Gasteiger partial charge in [-0.2, -0.15) is 5.26 Å². The number of anilines is 1. The first-order valence-electron chi connectivity index (χ1n) is 9.80. The van der Waals surface area contributed by atoms with Gasteiger partial charge in [-0.15, -0.1) is 0 Å². The molecule has 3 rings (SSSR count). The third kappa shape index (κ3) is 4.67. The minimum Gasteiger partial charge on any atom is -0.456 e. The second-order valence-corrected chi connectivity index (χ2v) is 8.48. The summed E-state index contributed by atoms with van der Waals surface area (Å²) in [6.45, 7) is 8.69. The van der Waals surface area contributed by atoms with Gasteiger partial charge in [-0.05, 0) is 39.2 Å². The van der Waals surface area contributed by atoms with Crippen LogP contribution in [-0.2, 0) is 9.53 Å². The van der Waals surface area contributed by atoms with Crippen molar-refractivity contribution in [2.24, 2.45) is 5.92 Å². The molecule has 1 saturated heterocycles. The number of nitriles is 1. The van der Waals surface area contributed by atoms with Gasteiger partial charge in [-0.1, -0.05) is 6.92 Å². The van der Waals surface area contributed by atoms with E-state index in [4.69, 9.17) is 10.00 Å². The monoisotopic (exact) mass is 397 g/mol. The fraction of sp³-hybridized carbons (Fsp3) is 0.524. The standard InChI is InChI=1S/C21H27N5O3/c1-13-7-10-26(17(27)5-8-22)12-16(13)25-18-14-6-9-23-19(14)24-11-15(18)20(28)29-21(2,3)4/h6,9,11,13,16H,5,7,10,12H2,1-4H3,(H2,23,24,25)/t13-,16+/m1/s1. The Morgan fingerprint density at radius 3 is 2.90 bits per heavy atom. The zero-order chi connectivity index (χ0) is 21.2. The lowest BCUT2D eigenvalue weighted by molar-refractivity contribution is -0.131. The molecule has 0 aromatic carbocycles. The van der Waals surface area contributed by atoms with Crippen LogP contribution in [0.1, 0.15) is 50.9 Å². The van der Waals surface area contributed by atoms with Crippen molar-refractivity contribution < 1.29 is 14.3 Å². The van der Waals surface area contributed by atoms with Crippen molar-refractivity contribution in [2.45, 2.75) is 52.2 Å². The third-order valence-electron chi connectivity index (χ3n) is 5.08. The van der Waals surface area contributed by atoms with Crippen molar-refractivity contribution in [1.82, 2.24) is 14.9 Å². The number of likely N-dealkylation sites (tertiary alicyclic amines) is 1. The molecule has 8 nitrogen and oxygen atoms in total. The summed E-state index contributed by atoms with van der Waals surface area (Å²) in [5.74, 6) is -0.327. The number of hydrogen-bond donors (Lipinski definition) is 2. The topological polar surface area (TPSA) is 111 Å². The van der Waals surface area contributed by atoms with Gasteiger partial charge >= 0.3 is 5.97 Å². The molecule has 0 radical (unpaired) electrons. The van der Waals surface area contributed by atoms with Gasteiger partial charge in [0.25, 0.3) is 0 Å². The van der Waals surface area contributed by atoms with Crippen molar-refractivity contribution in [1.29, 1.82) is 5.26 Å². The molecule has 2 N–H and O–H groups in total. The van der Waals surface area contributed by atoms with Crippen molar-refractivity contribution in [3.05, 3.63) is 24.0 Å².